The Labute approximate surface area is 113 Å². The SMILES string of the molecule is CC[C@H](C)[C@H](N)C(=O)Nc1cccc(NC(C)=O)c1. The molecule has 0 radical (unpaired) electrons. The van der Waals surface area contributed by atoms with Gasteiger partial charge in [0.25, 0.3) is 0 Å². The first-order valence-corrected chi connectivity index (χ1v) is 6.38. The maximum atomic E-state index is 11.9. The summed E-state index contributed by atoms with van der Waals surface area (Å²) in [5.41, 5.74) is 7.12. The van der Waals surface area contributed by atoms with E-state index in [9.17, 15) is 9.59 Å². The summed E-state index contributed by atoms with van der Waals surface area (Å²) in [6.45, 7) is 5.37. The first kappa shape index (κ1) is 15.2. The highest BCUT2D eigenvalue weighted by molar-refractivity contribution is 5.96. The number of benzene rings is 1. The van der Waals surface area contributed by atoms with E-state index in [0.717, 1.165) is 6.42 Å². The third-order valence-electron chi connectivity index (χ3n) is 3.01. The number of anilines is 2. The molecule has 1 aromatic carbocycles. The summed E-state index contributed by atoms with van der Waals surface area (Å²) in [5.74, 6) is -0.243. The second-order valence-electron chi connectivity index (χ2n) is 4.66. The van der Waals surface area contributed by atoms with Crippen molar-refractivity contribution in [1.29, 1.82) is 0 Å². The Morgan fingerprint density at radius 3 is 2.37 bits per heavy atom. The fourth-order valence-electron chi connectivity index (χ4n) is 1.62. The van der Waals surface area contributed by atoms with Crippen molar-refractivity contribution in [3.05, 3.63) is 24.3 Å². The number of hydrogen-bond acceptors (Lipinski definition) is 3. The van der Waals surface area contributed by atoms with Gasteiger partial charge in [-0.05, 0) is 24.1 Å². The van der Waals surface area contributed by atoms with Crippen LogP contribution in [0.4, 0.5) is 11.4 Å². The minimum Gasteiger partial charge on any atom is -0.326 e. The summed E-state index contributed by atoms with van der Waals surface area (Å²) in [7, 11) is 0. The number of nitrogens with one attached hydrogen (secondary N) is 2. The van der Waals surface area contributed by atoms with Crippen LogP contribution in [0.15, 0.2) is 24.3 Å². The van der Waals surface area contributed by atoms with Gasteiger partial charge in [0.15, 0.2) is 0 Å². The number of nitrogens with two attached hydrogens (primary N) is 1. The van der Waals surface area contributed by atoms with Gasteiger partial charge in [0.05, 0.1) is 6.04 Å². The lowest BCUT2D eigenvalue weighted by Crippen LogP contribution is -2.40. The lowest BCUT2D eigenvalue weighted by molar-refractivity contribution is -0.118. The molecule has 19 heavy (non-hydrogen) atoms. The minimum atomic E-state index is -0.533. The normalized spacial score (nSPS) is 13.5. The van der Waals surface area contributed by atoms with Crippen LogP contribution in [0.1, 0.15) is 27.2 Å². The van der Waals surface area contributed by atoms with Crippen LogP contribution in [0.25, 0.3) is 0 Å². The molecule has 0 aromatic heterocycles. The minimum absolute atomic E-state index is 0.124. The van der Waals surface area contributed by atoms with E-state index in [-0.39, 0.29) is 17.7 Å². The Morgan fingerprint density at radius 1 is 1.26 bits per heavy atom. The summed E-state index contributed by atoms with van der Waals surface area (Å²) in [5, 5.41) is 5.42. The van der Waals surface area contributed by atoms with E-state index in [1.165, 1.54) is 6.92 Å². The van der Waals surface area contributed by atoms with E-state index in [4.69, 9.17) is 5.73 Å². The summed E-state index contributed by atoms with van der Waals surface area (Å²) in [6, 6.07) is 6.44. The Morgan fingerprint density at radius 2 is 1.84 bits per heavy atom. The maximum absolute atomic E-state index is 11.9. The smallest absolute Gasteiger partial charge is 0.241 e. The highest BCUT2D eigenvalue weighted by Gasteiger charge is 2.19. The van der Waals surface area contributed by atoms with Crippen molar-refractivity contribution in [2.45, 2.75) is 33.2 Å². The van der Waals surface area contributed by atoms with Gasteiger partial charge in [0.2, 0.25) is 11.8 Å². The van der Waals surface area contributed by atoms with Crippen molar-refractivity contribution >= 4 is 23.2 Å². The van der Waals surface area contributed by atoms with Gasteiger partial charge in [0, 0.05) is 18.3 Å². The second kappa shape index (κ2) is 6.89. The lowest BCUT2D eigenvalue weighted by Gasteiger charge is -2.18. The molecule has 2 atom stereocenters. The van der Waals surface area contributed by atoms with Gasteiger partial charge >= 0.3 is 0 Å². The van der Waals surface area contributed by atoms with Gasteiger partial charge in [-0.15, -0.1) is 0 Å². The average molecular weight is 263 g/mol. The summed E-state index contributed by atoms with van der Waals surface area (Å²) < 4.78 is 0. The van der Waals surface area contributed by atoms with E-state index >= 15 is 0 Å². The molecule has 5 heteroatoms. The lowest BCUT2D eigenvalue weighted by atomic mass is 9.99. The first-order valence-electron chi connectivity index (χ1n) is 6.38. The Balaban J connectivity index is 2.71. The Bertz CT molecular complexity index is 460. The van der Waals surface area contributed by atoms with E-state index in [2.05, 4.69) is 10.6 Å². The highest BCUT2D eigenvalue weighted by atomic mass is 16.2. The summed E-state index contributed by atoms with van der Waals surface area (Å²) in [4.78, 5) is 22.9. The fourth-order valence-corrected chi connectivity index (χ4v) is 1.62. The van der Waals surface area contributed by atoms with Crippen LogP contribution >= 0.6 is 0 Å². The van der Waals surface area contributed by atoms with Crippen molar-refractivity contribution in [2.24, 2.45) is 11.7 Å². The molecule has 0 spiro atoms. The van der Waals surface area contributed by atoms with Gasteiger partial charge in [0.1, 0.15) is 0 Å². The third-order valence-corrected chi connectivity index (χ3v) is 3.01. The summed E-state index contributed by atoms with van der Waals surface area (Å²) in [6.07, 6.45) is 0.848. The van der Waals surface area contributed by atoms with Crippen molar-refractivity contribution in [3.8, 4) is 0 Å². The molecule has 1 aromatic rings. The second-order valence-corrected chi connectivity index (χ2v) is 4.66. The van der Waals surface area contributed by atoms with Crippen LogP contribution < -0.4 is 16.4 Å². The molecule has 0 saturated heterocycles. The molecule has 0 aliphatic heterocycles. The molecule has 0 fully saturated rings. The Hall–Kier alpha value is -1.88. The van der Waals surface area contributed by atoms with E-state index < -0.39 is 6.04 Å². The molecule has 0 unspecified atom stereocenters. The molecule has 0 heterocycles. The average Bonchev–Trinajstić information content (AvgIpc) is 2.36. The maximum Gasteiger partial charge on any atom is 0.241 e. The van der Waals surface area contributed by atoms with Crippen LogP contribution in [0, 0.1) is 5.92 Å². The van der Waals surface area contributed by atoms with Crippen LogP contribution in [0.5, 0.6) is 0 Å². The van der Waals surface area contributed by atoms with Crippen molar-refractivity contribution in [3.63, 3.8) is 0 Å². The van der Waals surface area contributed by atoms with Gasteiger partial charge in [-0.2, -0.15) is 0 Å². The van der Waals surface area contributed by atoms with E-state index in [0.29, 0.717) is 11.4 Å². The molecule has 0 aliphatic rings. The molecular weight excluding hydrogens is 242 g/mol. The first-order chi connectivity index (χ1) is 8.93. The molecule has 4 N–H and O–H groups in total. The standard InChI is InChI=1S/C14H21N3O2/c1-4-9(2)13(15)14(19)17-12-7-5-6-11(8-12)16-10(3)18/h5-9,13H,4,15H2,1-3H3,(H,16,18)(H,17,19)/t9-,13-/m0/s1. The zero-order chi connectivity index (χ0) is 14.4. The van der Waals surface area contributed by atoms with Gasteiger partial charge in [-0.25, -0.2) is 0 Å². The number of carbonyl (C=O) groups excluding carboxylic acids is 2. The molecule has 2 amide bonds. The number of hydrogen-bond donors (Lipinski definition) is 3. The van der Waals surface area contributed by atoms with E-state index in [1.807, 2.05) is 13.8 Å². The molecule has 0 saturated carbocycles. The molecule has 0 bridgehead atoms. The highest BCUT2D eigenvalue weighted by Crippen LogP contribution is 2.16. The third kappa shape index (κ3) is 4.71. The number of amides is 2. The zero-order valence-electron chi connectivity index (χ0n) is 11.6. The number of rotatable bonds is 5. The van der Waals surface area contributed by atoms with Crippen molar-refractivity contribution < 1.29 is 9.59 Å². The largest absolute Gasteiger partial charge is 0.326 e. The topological polar surface area (TPSA) is 84.2 Å². The Kier molecular flexibility index (Phi) is 5.51. The van der Waals surface area contributed by atoms with Crippen LogP contribution in [-0.2, 0) is 9.59 Å². The summed E-state index contributed by atoms with van der Waals surface area (Å²) >= 11 is 0. The molecular formula is C14H21N3O2. The zero-order valence-corrected chi connectivity index (χ0v) is 11.6. The predicted octanol–water partition coefficient (Wildman–Crippen LogP) is 1.96. The molecule has 104 valence electrons. The van der Waals surface area contributed by atoms with Crippen molar-refractivity contribution in [1.82, 2.24) is 0 Å². The quantitative estimate of drug-likeness (QED) is 0.759. The van der Waals surface area contributed by atoms with Crippen LogP contribution in [-0.4, -0.2) is 17.9 Å². The molecule has 5 nitrogen and oxygen atoms in total. The fraction of sp³-hybridized carbons (Fsp3) is 0.429. The predicted molar refractivity (Wildman–Crippen MR) is 76.8 cm³/mol. The van der Waals surface area contributed by atoms with Crippen molar-refractivity contribution in [2.75, 3.05) is 10.6 Å². The van der Waals surface area contributed by atoms with Gasteiger partial charge < -0.3 is 16.4 Å². The number of carbonyl (C=O) groups is 2. The van der Waals surface area contributed by atoms with Crippen LogP contribution in [0.2, 0.25) is 0 Å². The van der Waals surface area contributed by atoms with Gasteiger partial charge in [-0.1, -0.05) is 26.3 Å². The molecule has 0 aliphatic carbocycles. The van der Waals surface area contributed by atoms with E-state index in [1.54, 1.807) is 24.3 Å². The van der Waals surface area contributed by atoms with Crippen LogP contribution in [0.3, 0.4) is 0 Å². The monoisotopic (exact) mass is 263 g/mol. The van der Waals surface area contributed by atoms with Gasteiger partial charge in [-0.3, -0.25) is 9.59 Å². The molecule has 1 rings (SSSR count).